The molecule has 0 spiro atoms. The summed E-state index contributed by atoms with van der Waals surface area (Å²) >= 11 is 5.91. The van der Waals surface area contributed by atoms with E-state index in [0.29, 0.717) is 0 Å². The maximum absolute atomic E-state index is 5.91. The van der Waals surface area contributed by atoms with E-state index in [9.17, 15) is 0 Å². The lowest BCUT2D eigenvalue weighted by molar-refractivity contribution is 0.315. The molecule has 5 nitrogen and oxygen atoms in total. The molecule has 1 fully saturated rings. The zero-order chi connectivity index (χ0) is 25.9. The molecule has 0 aliphatic carbocycles. The smallest absolute Gasteiger partial charge is 0.170 e. The Hall–Kier alpha value is -3.64. The van der Waals surface area contributed by atoms with Gasteiger partial charge >= 0.3 is 0 Å². The molecule has 6 heteroatoms. The highest BCUT2D eigenvalue weighted by atomic mass is 32.1. The molecule has 0 bridgehead atoms. The van der Waals surface area contributed by atoms with Crippen molar-refractivity contribution in [2.45, 2.75) is 46.2 Å². The monoisotopic (exact) mass is 509 g/mol. The van der Waals surface area contributed by atoms with E-state index in [1.165, 1.54) is 33.8 Å². The molecule has 37 heavy (non-hydrogen) atoms. The van der Waals surface area contributed by atoms with Crippen LogP contribution in [-0.4, -0.2) is 32.7 Å². The average molecular weight is 510 g/mol. The predicted molar refractivity (Wildman–Crippen MR) is 156 cm³/mol. The number of nitrogens with one attached hydrogen (secondary N) is 2. The molecule has 2 atom stereocenters. The Morgan fingerprint density at radius 3 is 2.35 bits per heavy atom. The number of para-hydroxylation sites is 1. The number of pyridine rings is 1. The largest absolute Gasteiger partial charge is 0.385 e. The minimum Gasteiger partial charge on any atom is -0.385 e. The van der Waals surface area contributed by atoms with Crippen molar-refractivity contribution in [1.29, 1.82) is 0 Å². The number of thiocarbonyl (C=S) groups is 1. The van der Waals surface area contributed by atoms with E-state index in [2.05, 4.69) is 108 Å². The fraction of sp³-hybridized carbons (Fsp3) is 0.290. The fourth-order valence-corrected chi connectivity index (χ4v) is 5.92. The van der Waals surface area contributed by atoms with Gasteiger partial charge in [-0.15, -0.1) is 0 Å². The highest BCUT2D eigenvalue weighted by molar-refractivity contribution is 7.80. The van der Waals surface area contributed by atoms with Crippen LogP contribution in [0.1, 0.15) is 52.3 Å². The van der Waals surface area contributed by atoms with Gasteiger partial charge in [0.15, 0.2) is 5.11 Å². The summed E-state index contributed by atoms with van der Waals surface area (Å²) < 4.78 is 2.38. The van der Waals surface area contributed by atoms with E-state index in [-0.39, 0.29) is 12.1 Å². The molecular formula is C31H35N5S. The fourth-order valence-electron chi connectivity index (χ4n) is 5.59. The summed E-state index contributed by atoms with van der Waals surface area (Å²) in [7, 11) is 0. The Morgan fingerprint density at radius 1 is 0.919 bits per heavy atom. The van der Waals surface area contributed by atoms with Crippen molar-refractivity contribution < 1.29 is 0 Å². The van der Waals surface area contributed by atoms with Crippen LogP contribution in [-0.2, 0) is 0 Å². The third-order valence-electron chi connectivity index (χ3n) is 7.13. The number of rotatable bonds is 8. The van der Waals surface area contributed by atoms with E-state index < -0.39 is 0 Å². The molecule has 4 aromatic rings. The topological polar surface area (TPSA) is 45.1 Å². The van der Waals surface area contributed by atoms with E-state index in [1.807, 2.05) is 18.3 Å². The van der Waals surface area contributed by atoms with Gasteiger partial charge in [-0.25, -0.2) is 0 Å². The number of nitrogens with zero attached hydrogens (tertiary/aromatic N) is 3. The molecule has 1 saturated heterocycles. The normalized spacial score (nSPS) is 17.2. The number of anilines is 1. The highest BCUT2D eigenvalue weighted by Gasteiger charge is 2.41. The minimum atomic E-state index is -0.0102. The summed E-state index contributed by atoms with van der Waals surface area (Å²) in [6.07, 6.45) is 2.83. The number of hydrogen-bond acceptors (Lipinski definition) is 3. The molecule has 2 aromatic carbocycles. The number of aromatic nitrogens is 2. The summed E-state index contributed by atoms with van der Waals surface area (Å²) in [5.41, 5.74) is 9.66. The van der Waals surface area contributed by atoms with Crippen LogP contribution in [0.2, 0.25) is 0 Å². The molecule has 1 aliphatic heterocycles. The first kappa shape index (κ1) is 25.0. The molecular weight excluding hydrogens is 474 g/mol. The van der Waals surface area contributed by atoms with Crippen molar-refractivity contribution in [1.82, 2.24) is 19.8 Å². The van der Waals surface area contributed by atoms with Gasteiger partial charge in [-0.3, -0.25) is 4.98 Å². The van der Waals surface area contributed by atoms with Crippen LogP contribution in [0.25, 0.3) is 5.69 Å². The zero-order valence-electron chi connectivity index (χ0n) is 22.0. The van der Waals surface area contributed by atoms with E-state index in [0.717, 1.165) is 36.0 Å². The number of aryl methyl sites for hydroxylation is 3. The highest BCUT2D eigenvalue weighted by Crippen LogP contribution is 2.41. The van der Waals surface area contributed by atoms with Gasteiger partial charge in [0.25, 0.3) is 0 Å². The van der Waals surface area contributed by atoms with Crippen molar-refractivity contribution in [3.8, 4) is 5.69 Å². The third kappa shape index (κ3) is 5.25. The molecule has 3 heterocycles. The van der Waals surface area contributed by atoms with Gasteiger partial charge in [0, 0.05) is 42.0 Å². The summed E-state index contributed by atoms with van der Waals surface area (Å²) in [6, 6.07) is 25.6. The van der Waals surface area contributed by atoms with Crippen LogP contribution in [0.5, 0.6) is 0 Å². The standard InChI is InChI=1S/C31H35N5S/c1-21-17-22(2)19-26(18-21)36-23(3)20-27(24(36)4)30-29(28-13-8-9-14-33-28)34-31(37)35(30)16-10-15-32-25-11-6-5-7-12-25/h5-9,11-14,17-20,29-30,32H,10,15-16H2,1-4H3,(H,34,37)/t29-,30-/m1/s1. The van der Waals surface area contributed by atoms with Gasteiger partial charge in [0.1, 0.15) is 0 Å². The predicted octanol–water partition coefficient (Wildman–Crippen LogP) is 6.58. The summed E-state index contributed by atoms with van der Waals surface area (Å²) in [5, 5.41) is 7.93. The molecule has 0 amide bonds. The lowest BCUT2D eigenvalue weighted by Crippen LogP contribution is -2.31. The van der Waals surface area contributed by atoms with E-state index >= 15 is 0 Å². The van der Waals surface area contributed by atoms with Crippen LogP contribution < -0.4 is 10.6 Å². The summed E-state index contributed by atoms with van der Waals surface area (Å²) in [4.78, 5) is 7.07. The van der Waals surface area contributed by atoms with Crippen LogP contribution >= 0.6 is 12.2 Å². The molecule has 0 unspecified atom stereocenters. The Balaban J connectivity index is 1.47. The second kappa shape index (κ2) is 10.8. The molecule has 190 valence electrons. The maximum atomic E-state index is 5.91. The Labute approximate surface area is 225 Å². The molecule has 0 radical (unpaired) electrons. The first-order valence-electron chi connectivity index (χ1n) is 13.0. The first-order valence-corrected chi connectivity index (χ1v) is 13.4. The van der Waals surface area contributed by atoms with Crippen molar-refractivity contribution >= 4 is 23.0 Å². The Bertz CT molecular complexity index is 1360. The summed E-state index contributed by atoms with van der Waals surface area (Å²) in [6.45, 7) is 10.5. The van der Waals surface area contributed by atoms with E-state index in [1.54, 1.807) is 0 Å². The minimum absolute atomic E-state index is 0.0102. The van der Waals surface area contributed by atoms with Crippen LogP contribution in [0, 0.1) is 27.7 Å². The molecule has 5 rings (SSSR count). The van der Waals surface area contributed by atoms with Gasteiger partial charge in [0.05, 0.1) is 17.8 Å². The quantitative estimate of drug-likeness (QED) is 0.207. The SMILES string of the molecule is Cc1cc(C)cc(-n2c(C)cc([C@@H]3[C@@H](c4ccccn4)NC(=S)N3CCCNc3ccccc3)c2C)c1. The number of hydrogen-bond donors (Lipinski definition) is 2. The van der Waals surface area contributed by atoms with Crippen LogP contribution in [0.15, 0.2) is 79.0 Å². The third-order valence-corrected chi connectivity index (χ3v) is 7.48. The van der Waals surface area contributed by atoms with Gasteiger partial charge in [-0.1, -0.05) is 30.3 Å². The molecule has 1 aliphatic rings. The van der Waals surface area contributed by atoms with Gasteiger partial charge in [-0.2, -0.15) is 0 Å². The van der Waals surface area contributed by atoms with Gasteiger partial charge in [0.2, 0.25) is 0 Å². The van der Waals surface area contributed by atoms with Crippen molar-refractivity contribution in [2.24, 2.45) is 0 Å². The lowest BCUT2D eigenvalue weighted by Gasteiger charge is -2.28. The Morgan fingerprint density at radius 2 is 1.65 bits per heavy atom. The van der Waals surface area contributed by atoms with Gasteiger partial charge in [-0.05, 0) is 105 Å². The van der Waals surface area contributed by atoms with E-state index in [4.69, 9.17) is 17.2 Å². The Kier molecular flexibility index (Phi) is 7.28. The second-order valence-corrected chi connectivity index (χ2v) is 10.4. The summed E-state index contributed by atoms with van der Waals surface area (Å²) in [5.74, 6) is 0. The average Bonchev–Trinajstić information content (AvgIpc) is 3.37. The van der Waals surface area contributed by atoms with Crippen LogP contribution in [0.3, 0.4) is 0 Å². The second-order valence-electron chi connectivity index (χ2n) is 9.97. The van der Waals surface area contributed by atoms with Crippen LogP contribution in [0.4, 0.5) is 5.69 Å². The lowest BCUT2D eigenvalue weighted by atomic mass is 9.96. The number of benzene rings is 2. The van der Waals surface area contributed by atoms with Crippen molar-refractivity contribution in [2.75, 3.05) is 18.4 Å². The maximum Gasteiger partial charge on any atom is 0.170 e. The van der Waals surface area contributed by atoms with Gasteiger partial charge < -0.3 is 20.1 Å². The molecule has 2 N–H and O–H groups in total. The first-order chi connectivity index (χ1) is 17.9. The van der Waals surface area contributed by atoms with Crippen molar-refractivity contribution in [3.63, 3.8) is 0 Å². The van der Waals surface area contributed by atoms with Crippen molar-refractivity contribution in [3.05, 3.63) is 113 Å². The molecule has 0 saturated carbocycles. The zero-order valence-corrected chi connectivity index (χ0v) is 22.8. The molecule has 2 aromatic heterocycles.